The Morgan fingerprint density at radius 2 is 1.73 bits per heavy atom. The Bertz CT molecular complexity index is 744. The molecule has 0 radical (unpaired) electrons. The summed E-state index contributed by atoms with van der Waals surface area (Å²) < 4.78 is 9.93. The first-order valence-corrected chi connectivity index (χ1v) is 7.87. The summed E-state index contributed by atoms with van der Waals surface area (Å²) in [6, 6.07) is 16.2. The molecule has 2 rings (SSSR count). The molecule has 0 aromatic heterocycles. The van der Waals surface area contributed by atoms with E-state index in [0.717, 1.165) is 11.3 Å². The molecule has 0 atom stereocenters. The molecule has 0 aliphatic heterocycles. The summed E-state index contributed by atoms with van der Waals surface area (Å²) >= 11 is 0. The van der Waals surface area contributed by atoms with Gasteiger partial charge in [-0.1, -0.05) is 23.4 Å². The Morgan fingerprint density at radius 3 is 2.38 bits per heavy atom. The molecule has 1 amide bonds. The van der Waals surface area contributed by atoms with Gasteiger partial charge in [0, 0.05) is 12.7 Å². The number of carbonyl (C=O) groups is 2. The molecular weight excluding hydrogens is 336 g/mol. The van der Waals surface area contributed by atoms with Gasteiger partial charge in [-0.3, -0.25) is 4.79 Å². The fraction of sp³-hybridized carbons (Fsp3) is 0.211. The molecule has 0 aliphatic carbocycles. The number of anilines is 1. The number of carbonyl (C=O) groups excluding carboxylic acids is 2. The Labute approximate surface area is 151 Å². The van der Waals surface area contributed by atoms with Crippen molar-refractivity contribution in [3.8, 4) is 5.75 Å². The van der Waals surface area contributed by atoms with Gasteiger partial charge in [0.25, 0.3) is 5.91 Å². The summed E-state index contributed by atoms with van der Waals surface area (Å²) in [5, 5.41) is 3.68. The van der Waals surface area contributed by atoms with Crippen molar-refractivity contribution in [2.45, 2.75) is 0 Å². The number of esters is 1. The van der Waals surface area contributed by atoms with Crippen LogP contribution < -0.4 is 9.64 Å². The number of nitrogens with zero attached hydrogens (tertiary/aromatic N) is 2. The van der Waals surface area contributed by atoms with Crippen LogP contribution in [0.15, 0.2) is 59.8 Å². The van der Waals surface area contributed by atoms with Crippen molar-refractivity contribution in [3.63, 3.8) is 0 Å². The van der Waals surface area contributed by atoms with Gasteiger partial charge in [0.05, 0.1) is 13.3 Å². The Balaban J connectivity index is 1.69. The van der Waals surface area contributed by atoms with E-state index >= 15 is 0 Å². The fourth-order valence-electron chi connectivity index (χ4n) is 1.95. The smallest absolute Gasteiger partial charge is 0.347 e. The zero-order chi connectivity index (χ0) is 18.8. The van der Waals surface area contributed by atoms with Crippen molar-refractivity contribution in [1.29, 1.82) is 0 Å². The summed E-state index contributed by atoms with van der Waals surface area (Å²) in [6.07, 6.45) is 1.46. The molecule has 7 nitrogen and oxygen atoms in total. The maximum atomic E-state index is 12.0. The number of hydrogen-bond donors (Lipinski definition) is 0. The molecular formula is C19H20N2O5. The van der Waals surface area contributed by atoms with Gasteiger partial charge in [-0.05, 0) is 42.0 Å². The quantitative estimate of drug-likeness (QED) is 0.412. The average Bonchev–Trinajstić information content (AvgIpc) is 2.70. The van der Waals surface area contributed by atoms with Crippen LogP contribution in [0, 0.1) is 0 Å². The van der Waals surface area contributed by atoms with Crippen molar-refractivity contribution in [2.24, 2.45) is 5.16 Å². The van der Waals surface area contributed by atoms with Crippen molar-refractivity contribution >= 4 is 23.8 Å². The van der Waals surface area contributed by atoms with Crippen LogP contribution in [-0.4, -0.2) is 45.5 Å². The van der Waals surface area contributed by atoms with Gasteiger partial charge in [-0.15, -0.1) is 0 Å². The first-order chi connectivity index (χ1) is 12.6. The molecule has 2 aromatic carbocycles. The zero-order valence-corrected chi connectivity index (χ0v) is 14.6. The predicted octanol–water partition coefficient (Wildman–Crippen LogP) is 2.25. The monoisotopic (exact) mass is 356 g/mol. The number of benzene rings is 2. The molecule has 2 aromatic rings. The number of ether oxygens (including phenoxy) is 2. The van der Waals surface area contributed by atoms with E-state index in [1.165, 1.54) is 11.1 Å². The molecule has 0 bridgehead atoms. The third-order valence-electron chi connectivity index (χ3n) is 3.45. The van der Waals surface area contributed by atoms with Crippen LogP contribution in [0.4, 0.5) is 5.69 Å². The molecule has 0 heterocycles. The standard InChI is InChI=1S/C19H20N2O5/c1-21(16-6-4-3-5-7-16)18(22)13-25-19(23)14-26-20-12-15-8-10-17(24-2)11-9-15/h3-12H,13-14H2,1-2H3/b20-12-. The van der Waals surface area contributed by atoms with E-state index in [4.69, 9.17) is 14.3 Å². The summed E-state index contributed by atoms with van der Waals surface area (Å²) in [4.78, 5) is 29.9. The Kier molecular flexibility index (Phi) is 7.17. The number of likely N-dealkylation sites (N-methyl/N-ethyl adjacent to an activating group) is 1. The lowest BCUT2D eigenvalue weighted by molar-refractivity contribution is -0.152. The Morgan fingerprint density at radius 1 is 1.04 bits per heavy atom. The first-order valence-electron chi connectivity index (χ1n) is 7.87. The third kappa shape index (κ3) is 5.94. The normalized spacial score (nSPS) is 10.4. The summed E-state index contributed by atoms with van der Waals surface area (Å²) in [5.41, 5.74) is 1.51. The van der Waals surface area contributed by atoms with Crippen LogP contribution in [0.3, 0.4) is 0 Å². The Hall–Kier alpha value is -3.35. The van der Waals surface area contributed by atoms with E-state index in [2.05, 4.69) is 5.16 Å². The minimum Gasteiger partial charge on any atom is -0.497 e. The van der Waals surface area contributed by atoms with Crippen LogP contribution in [0.1, 0.15) is 5.56 Å². The van der Waals surface area contributed by atoms with Crippen LogP contribution in [0.5, 0.6) is 5.75 Å². The van der Waals surface area contributed by atoms with Gasteiger partial charge in [-0.25, -0.2) is 4.79 Å². The molecule has 7 heteroatoms. The second-order valence-electron chi connectivity index (χ2n) is 5.23. The second-order valence-corrected chi connectivity index (χ2v) is 5.23. The molecule has 136 valence electrons. The first kappa shape index (κ1) is 19.0. The van der Waals surface area contributed by atoms with Gasteiger partial charge in [0.2, 0.25) is 6.61 Å². The van der Waals surface area contributed by atoms with Gasteiger partial charge < -0.3 is 19.2 Å². The van der Waals surface area contributed by atoms with E-state index in [1.54, 1.807) is 50.6 Å². The number of amides is 1. The van der Waals surface area contributed by atoms with Crippen molar-refractivity contribution in [1.82, 2.24) is 0 Å². The summed E-state index contributed by atoms with van der Waals surface area (Å²) in [6.45, 7) is -0.745. The maximum absolute atomic E-state index is 12.0. The van der Waals surface area contributed by atoms with Gasteiger partial charge in [0.15, 0.2) is 6.61 Å². The molecule has 0 spiro atoms. The van der Waals surface area contributed by atoms with E-state index in [9.17, 15) is 9.59 Å². The van der Waals surface area contributed by atoms with E-state index in [0.29, 0.717) is 5.69 Å². The minimum atomic E-state index is -0.674. The van der Waals surface area contributed by atoms with Crippen LogP contribution in [0.2, 0.25) is 0 Å². The highest BCUT2D eigenvalue weighted by molar-refractivity contribution is 5.94. The second kappa shape index (κ2) is 9.83. The number of hydrogen-bond acceptors (Lipinski definition) is 6. The zero-order valence-electron chi connectivity index (χ0n) is 14.6. The molecule has 0 saturated heterocycles. The molecule has 0 fully saturated rings. The highest BCUT2D eigenvalue weighted by atomic mass is 16.7. The molecule has 0 saturated carbocycles. The lowest BCUT2D eigenvalue weighted by Gasteiger charge is -2.16. The van der Waals surface area contributed by atoms with E-state index < -0.39 is 5.97 Å². The fourth-order valence-corrected chi connectivity index (χ4v) is 1.95. The van der Waals surface area contributed by atoms with E-state index in [-0.39, 0.29) is 19.1 Å². The average molecular weight is 356 g/mol. The third-order valence-corrected chi connectivity index (χ3v) is 3.45. The highest BCUT2D eigenvalue weighted by Gasteiger charge is 2.13. The predicted molar refractivity (Wildman–Crippen MR) is 97.4 cm³/mol. The number of methoxy groups -OCH3 is 1. The molecule has 26 heavy (non-hydrogen) atoms. The van der Waals surface area contributed by atoms with Gasteiger partial charge in [0.1, 0.15) is 5.75 Å². The molecule has 0 aliphatic rings. The number of para-hydroxylation sites is 1. The number of rotatable bonds is 8. The SMILES string of the molecule is COc1ccc(/C=N\OCC(=O)OCC(=O)N(C)c2ccccc2)cc1. The summed E-state index contributed by atoms with van der Waals surface area (Å²) in [5.74, 6) is -0.283. The lowest BCUT2D eigenvalue weighted by Crippen LogP contribution is -2.31. The molecule has 0 N–H and O–H groups in total. The van der Waals surface area contributed by atoms with Crippen molar-refractivity contribution in [3.05, 3.63) is 60.2 Å². The molecule has 0 unspecified atom stereocenters. The maximum Gasteiger partial charge on any atom is 0.347 e. The van der Waals surface area contributed by atoms with Gasteiger partial charge in [-0.2, -0.15) is 0 Å². The van der Waals surface area contributed by atoms with Crippen molar-refractivity contribution < 1.29 is 23.9 Å². The number of oxime groups is 1. The van der Waals surface area contributed by atoms with Crippen LogP contribution in [-0.2, 0) is 19.2 Å². The van der Waals surface area contributed by atoms with Crippen LogP contribution in [0.25, 0.3) is 0 Å². The topological polar surface area (TPSA) is 77.4 Å². The van der Waals surface area contributed by atoms with Gasteiger partial charge >= 0.3 is 5.97 Å². The van der Waals surface area contributed by atoms with Crippen LogP contribution >= 0.6 is 0 Å². The highest BCUT2D eigenvalue weighted by Crippen LogP contribution is 2.11. The van der Waals surface area contributed by atoms with E-state index in [1.807, 2.05) is 18.2 Å². The minimum absolute atomic E-state index is 0.341. The lowest BCUT2D eigenvalue weighted by atomic mass is 10.2. The summed E-state index contributed by atoms with van der Waals surface area (Å²) in [7, 11) is 3.20. The van der Waals surface area contributed by atoms with Crippen molar-refractivity contribution in [2.75, 3.05) is 32.3 Å². The largest absolute Gasteiger partial charge is 0.497 e.